The van der Waals surface area contributed by atoms with Gasteiger partial charge in [0.25, 0.3) is 0 Å². The Bertz CT molecular complexity index is 757. The summed E-state index contributed by atoms with van der Waals surface area (Å²) in [6.45, 7) is 0.376. The van der Waals surface area contributed by atoms with E-state index in [0.717, 1.165) is 17.7 Å². The first-order valence-electron chi connectivity index (χ1n) is 7.34. The molecule has 1 atom stereocenters. The molecule has 2 rings (SSSR count). The number of benzene rings is 1. The predicted octanol–water partition coefficient (Wildman–Crippen LogP) is 4.82. The van der Waals surface area contributed by atoms with Crippen molar-refractivity contribution in [2.75, 3.05) is 19.0 Å². The Labute approximate surface area is 148 Å². The summed E-state index contributed by atoms with van der Waals surface area (Å²) in [5, 5.41) is 12.6. The Kier molecular flexibility index (Phi) is 6.23. The number of anilines is 1. The van der Waals surface area contributed by atoms with Gasteiger partial charge in [0.15, 0.2) is 0 Å². The third-order valence-corrected chi connectivity index (χ3v) is 3.75. The van der Waals surface area contributed by atoms with E-state index in [-0.39, 0.29) is 17.4 Å². The molecule has 4 nitrogen and oxygen atoms in total. The van der Waals surface area contributed by atoms with E-state index in [2.05, 4.69) is 10.3 Å². The van der Waals surface area contributed by atoms with Crippen LogP contribution in [-0.4, -0.2) is 18.7 Å². The van der Waals surface area contributed by atoms with Crippen LogP contribution >= 0.6 is 11.6 Å². The zero-order chi connectivity index (χ0) is 18.4. The van der Waals surface area contributed by atoms with Crippen molar-refractivity contribution in [1.82, 2.24) is 4.98 Å². The molecule has 8 heteroatoms. The van der Waals surface area contributed by atoms with E-state index >= 15 is 0 Å². The van der Waals surface area contributed by atoms with Gasteiger partial charge in [-0.3, -0.25) is 0 Å². The summed E-state index contributed by atoms with van der Waals surface area (Å²) < 4.78 is 43.8. The van der Waals surface area contributed by atoms with Gasteiger partial charge in [-0.15, -0.1) is 0 Å². The molecule has 0 bridgehead atoms. The number of hydrogen-bond acceptors (Lipinski definition) is 4. The lowest BCUT2D eigenvalue weighted by molar-refractivity contribution is -0.141. The van der Waals surface area contributed by atoms with Crippen molar-refractivity contribution in [2.45, 2.75) is 18.6 Å². The molecule has 1 aromatic carbocycles. The van der Waals surface area contributed by atoms with Gasteiger partial charge < -0.3 is 10.1 Å². The maximum Gasteiger partial charge on any atom is 0.433 e. The van der Waals surface area contributed by atoms with Crippen LogP contribution in [0.4, 0.5) is 19.0 Å². The second-order valence-corrected chi connectivity index (χ2v) is 5.67. The molecule has 0 fully saturated rings. The quantitative estimate of drug-likeness (QED) is 0.793. The fraction of sp³-hybridized carbons (Fsp3) is 0.294. The fourth-order valence-corrected chi connectivity index (χ4v) is 2.36. The molecule has 1 unspecified atom stereocenters. The molecule has 2 aromatic rings. The van der Waals surface area contributed by atoms with E-state index in [4.69, 9.17) is 21.6 Å². The van der Waals surface area contributed by atoms with Crippen molar-refractivity contribution in [3.63, 3.8) is 0 Å². The van der Waals surface area contributed by atoms with Crippen molar-refractivity contribution in [1.29, 1.82) is 5.26 Å². The minimum absolute atomic E-state index is 0.0318. The van der Waals surface area contributed by atoms with Crippen molar-refractivity contribution in [3.05, 3.63) is 58.2 Å². The van der Waals surface area contributed by atoms with E-state index in [9.17, 15) is 13.2 Å². The molecule has 0 amide bonds. The van der Waals surface area contributed by atoms with E-state index < -0.39 is 11.9 Å². The number of hydrogen-bond donors (Lipinski definition) is 1. The van der Waals surface area contributed by atoms with Gasteiger partial charge in [0.1, 0.15) is 17.6 Å². The highest BCUT2D eigenvalue weighted by Gasteiger charge is 2.33. The number of aromatic nitrogens is 1. The minimum Gasteiger partial charge on any atom is -0.385 e. The average molecular weight is 370 g/mol. The van der Waals surface area contributed by atoms with E-state index in [1.165, 1.54) is 7.11 Å². The number of rotatable bonds is 6. The number of halogens is 4. The lowest BCUT2D eigenvalue weighted by Crippen LogP contribution is -2.17. The number of alkyl halides is 3. The van der Waals surface area contributed by atoms with Crippen LogP contribution in [0.2, 0.25) is 5.02 Å². The van der Waals surface area contributed by atoms with Crippen LogP contribution in [0.1, 0.15) is 29.3 Å². The van der Waals surface area contributed by atoms with Crippen molar-refractivity contribution >= 4 is 17.4 Å². The van der Waals surface area contributed by atoms with Gasteiger partial charge in [-0.05, 0) is 36.2 Å². The molecule has 0 aliphatic rings. The molecule has 25 heavy (non-hydrogen) atoms. The fourth-order valence-electron chi connectivity index (χ4n) is 2.24. The zero-order valence-corrected chi connectivity index (χ0v) is 14.0. The highest BCUT2D eigenvalue weighted by Crippen LogP contribution is 2.31. The van der Waals surface area contributed by atoms with Gasteiger partial charge in [-0.2, -0.15) is 18.4 Å². The first-order chi connectivity index (χ1) is 11.8. The Morgan fingerprint density at radius 3 is 2.48 bits per heavy atom. The summed E-state index contributed by atoms with van der Waals surface area (Å²) in [4.78, 5) is 3.58. The molecule has 0 aliphatic carbocycles. The van der Waals surface area contributed by atoms with Crippen LogP contribution in [0.25, 0.3) is 0 Å². The summed E-state index contributed by atoms with van der Waals surface area (Å²) in [5.74, 6) is -0.117. The molecule has 1 aromatic heterocycles. The molecule has 1 heterocycles. The third-order valence-electron chi connectivity index (χ3n) is 3.50. The molecule has 132 valence electrons. The first kappa shape index (κ1) is 19.0. The van der Waals surface area contributed by atoms with E-state index in [0.29, 0.717) is 18.1 Å². The largest absolute Gasteiger partial charge is 0.433 e. The molecular weight excluding hydrogens is 355 g/mol. The lowest BCUT2D eigenvalue weighted by Gasteiger charge is -2.21. The predicted molar refractivity (Wildman–Crippen MR) is 88.3 cm³/mol. The molecule has 0 radical (unpaired) electrons. The number of nitrogens with zero attached hydrogens (tertiary/aromatic N) is 2. The average Bonchev–Trinajstić information content (AvgIpc) is 2.58. The maximum atomic E-state index is 12.9. The molecule has 0 saturated carbocycles. The number of methoxy groups -OCH3 is 1. The lowest BCUT2D eigenvalue weighted by atomic mass is 10.0. The highest BCUT2D eigenvalue weighted by molar-refractivity contribution is 6.30. The second-order valence-electron chi connectivity index (χ2n) is 5.23. The van der Waals surface area contributed by atoms with Crippen LogP contribution in [0.3, 0.4) is 0 Å². The SMILES string of the molecule is COCCC(Nc1nc(C(F)(F)F)ccc1C#N)c1ccc(Cl)cc1. The number of pyridine rings is 1. The summed E-state index contributed by atoms with van der Waals surface area (Å²) in [6.07, 6.45) is -4.12. The smallest absolute Gasteiger partial charge is 0.385 e. The molecule has 0 spiro atoms. The van der Waals surface area contributed by atoms with Crippen LogP contribution in [0, 0.1) is 11.3 Å². The van der Waals surface area contributed by atoms with Crippen LogP contribution in [-0.2, 0) is 10.9 Å². The number of nitriles is 1. The van der Waals surface area contributed by atoms with Crippen molar-refractivity contribution in [3.8, 4) is 6.07 Å². The molecule has 0 saturated heterocycles. The van der Waals surface area contributed by atoms with Gasteiger partial charge in [-0.1, -0.05) is 23.7 Å². The van der Waals surface area contributed by atoms with Crippen molar-refractivity contribution < 1.29 is 17.9 Å². The summed E-state index contributed by atoms with van der Waals surface area (Å²) in [6, 6.07) is 10.2. The number of ether oxygens (including phenoxy) is 1. The minimum atomic E-state index is -4.59. The standard InChI is InChI=1S/C17H15ClF3N3O/c1-25-9-8-14(11-2-5-13(18)6-3-11)23-16-12(10-22)4-7-15(24-16)17(19,20)21/h2-7,14H,8-9H2,1H3,(H,23,24). The molecular formula is C17H15ClF3N3O. The van der Waals surface area contributed by atoms with Gasteiger partial charge in [0, 0.05) is 18.7 Å². The normalized spacial score (nSPS) is 12.5. The van der Waals surface area contributed by atoms with Crippen LogP contribution < -0.4 is 5.32 Å². The van der Waals surface area contributed by atoms with Crippen LogP contribution in [0.15, 0.2) is 36.4 Å². The van der Waals surface area contributed by atoms with E-state index in [1.807, 2.05) is 6.07 Å². The topological polar surface area (TPSA) is 57.9 Å². The molecule has 1 N–H and O–H groups in total. The second kappa shape index (κ2) is 8.19. The summed E-state index contributed by atoms with van der Waals surface area (Å²) >= 11 is 5.87. The monoisotopic (exact) mass is 369 g/mol. The Morgan fingerprint density at radius 2 is 1.92 bits per heavy atom. The van der Waals surface area contributed by atoms with Crippen molar-refractivity contribution in [2.24, 2.45) is 0 Å². The third kappa shape index (κ3) is 5.08. The van der Waals surface area contributed by atoms with Gasteiger partial charge >= 0.3 is 6.18 Å². The van der Waals surface area contributed by atoms with Crippen LogP contribution in [0.5, 0.6) is 0 Å². The van der Waals surface area contributed by atoms with E-state index in [1.54, 1.807) is 24.3 Å². The highest BCUT2D eigenvalue weighted by atomic mass is 35.5. The van der Waals surface area contributed by atoms with Gasteiger partial charge in [0.2, 0.25) is 0 Å². The first-order valence-corrected chi connectivity index (χ1v) is 7.72. The Morgan fingerprint density at radius 1 is 1.24 bits per heavy atom. The number of nitrogens with one attached hydrogen (secondary N) is 1. The Hall–Kier alpha value is -2.30. The van der Waals surface area contributed by atoms with Gasteiger partial charge in [-0.25, -0.2) is 4.98 Å². The van der Waals surface area contributed by atoms with Gasteiger partial charge in [0.05, 0.1) is 11.6 Å². The molecule has 0 aliphatic heterocycles. The maximum absolute atomic E-state index is 12.9. The Balaban J connectivity index is 2.37. The summed E-state index contributed by atoms with van der Waals surface area (Å²) in [5.41, 5.74) is -0.232. The summed E-state index contributed by atoms with van der Waals surface area (Å²) in [7, 11) is 1.53. The zero-order valence-electron chi connectivity index (χ0n) is 13.3.